The van der Waals surface area contributed by atoms with Crippen molar-refractivity contribution in [2.45, 2.75) is 12.8 Å². The molecule has 1 amide bonds. The van der Waals surface area contributed by atoms with Crippen molar-refractivity contribution in [3.8, 4) is 0 Å². The van der Waals surface area contributed by atoms with E-state index in [-0.39, 0.29) is 5.91 Å². The molecule has 0 unspecified atom stereocenters. The monoisotopic (exact) mass is 273 g/mol. The zero-order valence-electron chi connectivity index (χ0n) is 10.5. The summed E-state index contributed by atoms with van der Waals surface area (Å²) >= 11 is 1.58. The molecule has 19 heavy (non-hydrogen) atoms. The highest BCUT2D eigenvalue weighted by Gasteiger charge is 2.13. The van der Waals surface area contributed by atoms with Gasteiger partial charge in [-0.1, -0.05) is 0 Å². The van der Waals surface area contributed by atoms with Crippen molar-refractivity contribution in [2.24, 2.45) is 0 Å². The Morgan fingerprint density at radius 1 is 1.47 bits per heavy atom. The van der Waals surface area contributed by atoms with E-state index in [1.165, 1.54) is 5.56 Å². The number of thiazole rings is 1. The van der Waals surface area contributed by atoms with Crippen LogP contribution in [0.4, 0.5) is 5.69 Å². The van der Waals surface area contributed by atoms with Gasteiger partial charge >= 0.3 is 0 Å². The molecule has 0 spiro atoms. The number of hydrogen-bond donors (Lipinski definition) is 2. The van der Waals surface area contributed by atoms with Gasteiger partial charge in [0, 0.05) is 36.1 Å². The second-order valence-electron chi connectivity index (χ2n) is 4.53. The highest BCUT2D eigenvalue weighted by atomic mass is 32.1. The van der Waals surface area contributed by atoms with Crippen LogP contribution in [0, 0.1) is 0 Å². The lowest BCUT2D eigenvalue weighted by Crippen LogP contribution is -2.25. The van der Waals surface area contributed by atoms with Crippen LogP contribution in [0.3, 0.4) is 0 Å². The van der Waals surface area contributed by atoms with E-state index in [4.69, 9.17) is 0 Å². The molecule has 98 valence electrons. The Bertz CT molecular complexity index is 580. The van der Waals surface area contributed by atoms with Gasteiger partial charge in [-0.2, -0.15) is 0 Å². The molecule has 0 radical (unpaired) electrons. The summed E-state index contributed by atoms with van der Waals surface area (Å²) in [7, 11) is 0. The molecule has 0 saturated heterocycles. The van der Waals surface area contributed by atoms with Crippen molar-refractivity contribution < 1.29 is 4.79 Å². The van der Waals surface area contributed by atoms with Crippen molar-refractivity contribution >= 4 is 22.9 Å². The number of amides is 1. The summed E-state index contributed by atoms with van der Waals surface area (Å²) in [5.41, 5.74) is 5.96. The van der Waals surface area contributed by atoms with E-state index in [9.17, 15) is 4.79 Å². The average Bonchev–Trinajstić information content (AvgIpc) is 3.08. The van der Waals surface area contributed by atoms with Gasteiger partial charge in [0.1, 0.15) is 0 Å². The first-order valence-corrected chi connectivity index (χ1v) is 7.29. The second-order valence-corrected chi connectivity index (χ2v) is 5.25. The Kier molecular flexibility index (Phi) is 3.46. The third kappa shape index (κ3) is 2.76. The fourth-order valence-corrected chi connectivity index (χ4v) is 2.81. The largest absolute Gasteiger partial charge is 0.384 e. The number of benzene rings is 1. The van der Waals surface area contributed by atoms with Crippen LogP contribution in [0.2, 0.25) is 0 Å². The molecular weight excluding hydrogens is 258 g/mol. The van der Waals surface area contributed by atoms with Crippen molar-refractivity contribution in [1.29, 1.82) is 0 Å². The maximum absolute atomic E-state index is 12.0. The summed E-state index contributed by atoms with van der Waals surface area (Å²) in [5.74, 6) is -0.00932. The normalized spacial score (nSPS) is 12.8. The van der Waals surface area contributed by atoms with Crippen LogP contribution < -0.4 is 10.6 Å². The highest BCUT2D eigenvalue weighted by molar-refractivity contribution is 7.07. The van der Waals surface area contributed by atoms with Gasteiger partial charge in [-0.25, -0.2) is 4.98 Å². The average molecular weight is 273 g/mol. The summed E-state index contributed by atoms with van der Waals surface area (Å²) < 4.78 is 0. The van der Waals surface area contributed by atoms with Crippen LogP contribution in [0.15, 0.2) is 29.1 Å². The number of hydrogen-bond acceptors (Lipinski definition) is 4. The Hall–Kier alpha value is -1.88. The maximum Gasteiger partial charge on any atom is 0.251 e. The van der Waals surface area contributed by atoms with Crippen molar-refractivity contribution in [3.63, 3.8) is 0 Å². The lowest BCUT2D eigenvalue weighted by molar-refractivity contribution is 0.0954. The van der Waals surface area contributed by atoms with Gasteiger partial charge in [0.25, 0.3) is 5.91 Å². The first kappa shape index (κ1) is 12.2. The summed E-state index contributed by atoms with van der Waals surface area (Å²) in [6.07, 6.45) is 1.77. The summed E-state index contributed by atoms with van der Waals surface area (Å²) in [6.45, 7) is 1.59. The van der Waals surface area contributed by atoms with Crippen LogP contribution >= 0.6 is 11.3 Å². The number of anilines is 1. The highest BCUT2D eigenvalue weighted by Crippen LogP contribution is 2.22. The van der Waals surface area contributed by atoms with E-state index in [0.29, 0.717) is 6.54 Å². The molecular formula is C14H15N3OS. The van der Waals surface area contributed by atoms with Gasteiger partial charge in [-0.3, -0.25) is 4.79 Å². The second kappa shape index (κ2) is 5.40. The van der Waals surface area contributed by atoms with Crippen LogP contribution in [0.5, 0.6) is 0 Å². The Morgan fingerprint density at radius 2 is 2.42 bits per heavy atom. The van der Waals surface area contributed by atoms with Crippen LogP contribution in [-0.2, 0) is 12.8 Å². The van der Waals surface area contributed by atoms with E-state index in [1.807, 2.05) is 29.1 Å². The molecule has 3 rings (SSSR count). The minimum Gasteiger partial charge on any atom is -0.384 e. The predicted octanol–water partition coefficient (Wildman–Crippen LogP) is 2.08. The first-order valence-electron chi connectivity index (χ1n) is 6.35. The molecule has 1 aromatic carbocycles. The molecule has 1 aliphatic heterocycles. The molecule has 0 bridgehead atoms. The number of fused-ring (bicyclic) bond motifs is 1. The van der Waals surface area contributed by atoms with Crippen LogP contribution in [0.25, 0.3) is 0 Å². The maximum atomic E-state index is 12.0. The molecule has 1 aliphatic rings. The molecule has 2 N–H and O–H groups in total. The zero-order valence-corrected chi connectivity index (χ0v) is 11.3. The number of rotatable bonds is 4. The third-order valence-electron chi connectivity index (χ3n) is 3.23. The minimum absolute atomic E-state index is 0.00932. The molecule has 0 fully saturated rings. The molecule has 5 heteroatoms. The molecule has 2 aromatic rings. The van der Waals surface area contributed by atoms with Gasteiger partial charge in [0.15, 0.2) is 0 Å². The lowest BCUT2D eigenvalue weighted by Gasteiger charge is -2.06. The van der Waals surface area contributed by atoms with E-state index < -0.39 is 0 Å². The fourth-order valence-electron chi connectivity index (χ4n) is 2.21. The van der Waals surface area contributed by atoms with Gasteiger partial charge in [-0.15, -0.1) is 11.3 Å². The summed E-state index contributed by atoms with van der Waals surface area (Å²) in [6, 6.07) is 5.83. The lowest BCUT2D eigenvalue weighted by atomic mass is 10.1. The smallest absolute Gasteiger partial charge is 0.251 e. The van der Waals surface area contributed by atoms with Gasteiger partial charge < -0.3 is 10.6 Å². The molecule has 1 aromatic heterocycles. The Morgan fingerprint density at radius 3 is 3.26 bits per heavy atom. The number of carbonyl (C=O) groups is 1. The quantitative estimate of drug-likeness (QED) is 0.897. The van der Waals surface area contributed by atoms with Crippen LogP contribution in [-0.4, -0.2) is 24.0 Å². The standard InChI is InChI=1S/C14H15N3OS/c18-14(16-6-4-12-8-19-9-17-12)11-1-2-13-10(7-11)3-5-15-13/h1-2,7-9,15H,3-6H2,(H,16,18). The van der Waals surface area contributed by atoms with Crippen molar-refractivity contribution in [3.05, 3.63) is 45.9 Å². The molecule has 4 nitrogen and oxygen atoms in total. The van der Waals surface area contributed by atoms with E-state index in [0.717, 1.165) is 36.3 Å². The van der Waals surface area contributed by atoms with Gasteiger partial charge in [-0.05, 0) is 30.2 Å². The molecule has 0 atom stereocenters. The fraction of sp³-hybridized carbons (Fsp3) is 0.286. The topological polar surface area (TPSA) is 54.0 Å². The van der Waals surface area contributed by atoms with E-state index >= 15 is 0 Å². The summed E-state index contributed by atoms with van der Waals surface area (Å²) in [5, 5.41) is 8.23. The minimum atomic E-state index is -0.00932. The molecule has 2 heterocycles. The number of carbonyl (C=O) groups excluding carboxylic acids is 1. The third-order valence-corrected chi connectivity index (χ3v) is 3.86. The number of nitrogens with one attached hydrogen (secondary N) is 2. The molecule has 0 aliphatic carbocycles. The van der Waals surface area contributed by atoms with Crippen LogP contribution in [0.1, 0.15) is 21.6 Å². The van der Waals surface area contributed by atoms with E-state index in [2.05, 4.69) is 15.6 Å². The predicted molar refractivity (Wildman–Crippen MR) is 76.8 cm³/mol. The van der Waals surface area contributed by atoms with Gasteiger partial charge in [0.2, 0.25) is 0 Å². The first-order chi connectivity index (χ1) is 9.33. The van der Waals surface area contributed by atoms with Crippen molar-refractivity contribution in [2.75, 3.05) is 18.4 Å². The Balaban J connectivity index is 1.58. The number of nitrogens with zero attached hydrogens (tertiary/aromatic N) is 1. The zero-order chi connectivity index (χ0) is 13.1. The molecule has 0 saturated carbocycles. The number of aromatic nitrogens is 1. The van der Waals surface area contributed by atoms with Gasteiger partial charge in [0.05, 0.1) is 11.2 Å². The van der Waals surface area contributed by atoms with Crippen molar-refractivity contribution in [1.82, 2.24) is 10.3 Å². The summed E-state index contributed by atoms with van der Waals surface area (Å²) in [4.78, 5) is 16.2. The Labute approximate surface area is 115 Å². The van der Waals surface area contributed by atoms with E-state index in [1.54, 1.807) is 11.3 Å². The SMILES string of the molecule is O=C(NCCc1cscn1)c1ccc2c(c1)CCN2.